The van der Waals surface area contributed by atoms with Crippen molar-refractivity contribution in [1.29, 1.82) is 0 Å². The highest BCUT2D eigenvalue weighted by Crippen LogP contribution is 2.12. The minimum atomic E-state index is 0. The van der Waals surface area contributed by atoms with Crippen molar-refractivity contribution in [2.75, 3.05) is 39.8 Å². The Morgan fingerprint density at radius 1 is 1.04 bits per heavy atom. The van der Waals surface area contributed by atoms with E-state index in [0.717, 1.165) is 5.56 Å². The van der Waals surface area contributed by atoms with Gasteiger partial charge in [-0.05, 0) is 24.7 Å². The van der Waals surface area contributed by atoms with Crippen LogP contribution in [0, 0.1) is 0 Å². The predicted molar refractivity (Wildman–Crippen MR) is 94.1 cm³/mol. The largest absolute Gasteiger partial charge is 0.339 e. The monoisotopic (exact) mass is 359 g/mol. The molecule has 1 aliphatic heterocycles. The van der Waals surface area contributed by atoms with Gasteiger partial charge in [-0.3, -0.25) is 9.59 Å². The molecular weight excluding hydrogens is 337 g/mol. The smallest absolute Gasteiger partial charge is 0.227 e. The molecular formula is C16H23Cl2N3O2. The minimum Gasteiger partial charge on any atom is -0.339 e. The number of hydrogen-bond donors (Lipinski definition) is 1. The second kappa shape index (κ2) is 9.75. The molecule has 0 unspecified atom stereocenters. The number of amides is 2. The van der Waals surface area contributed by atoms with Crippen LogP contribution in [0.3, 0.4) is 0 Å². The van der Waals surface area contributed by atoms with Crippen molar-refractivity contribution in [3.63, 3.8) is 0 Å². The lowest BCUT2D eigenvalue weighted by molar-refractivity contribution is -0.139. The second-order valence-electron chi connectivity index (χ2n) is 5.42. The van der Waals surface area contributed by atoms with E-state index in [1.165, 1.54) is 0 Å². The van der Waals surface area contributed by atoms with E-state index in [1.807, 2.05) is 29.0 Å². The van der Waals surface area contributed by atoms with Crippen LogP contribution in [0.2, 0.25) is 5.02 Å². The first-order valence-electron chi connectivity index (χ1n) is 7.54. The van der Waals surface area contributed by atoms with Crippen LogP contribution >= 0.6 is 24.0 Å². The second-order valence-corrected chi connectivity index (χ2v) is 5.85. The Balaban J connectivity index is 0.00000264. The topological polar surface area (TPSA) is 52.7 Å². The van der Waals surface area contributed by atoms with E-state index in [2.05, 4.69) is 5.32 Å². The van der Waals surface area contributed by atoms with Gasteiger partial charge in [-0.1, -0.05) is 23.7 Å². The number of nitrogens with one attached hydrogen (secondary N) is 1. The third-order valence-electron chi connectivity index (χ3n) is 3.84. The Morgan fingerprint density at radius 3 is 2.09 bits per heavy atom. The summed E-state index contributed by atoms with van der Waals surface area (Å²) >= 11 is 5.84. The number of carbonyl (C=O) groups is 2. The number of benzene rings is 1. The summed E-state index contributed by atoms with van der Waals surface area (Å²) in [6.45, 7) is 3.15. The average Bonchev–Trinajstić information content (AvgIpc) is 2.55. The van der Waals surface area contributed by atoms with Gasteiger partial charge in [-0.15, -0.1) is 12.4 Å². The highest BCUT2D eigenvalue weighted by Gasteiger charge is 2.23. The molecule has 1 aromatic rings. The fourth-order valence-corrected chi connectivity index (χ4v) is 2.61. The third kappa shape index (κ3) is 6.01. The van der Waals surface area contributed by atoms with Crippen molar-refractivity contribution in [3.8, 4) is 0 Å². The van der Waals surface area contributed by atoms with Crippen LogP contribution in [0.1, 0.15) is 12.0 Å². The van der Waals surface area contributed by atoms with Crippen LogP contribution in [-0.4, -0.2) is 61.4 Å². The number of piperazine rings is 1. The molecule has 0 radical (unpaired) electrons. The molecule has 128 valence electrons. The van der Waals surface area contributed by atoms with Gasteiger partial charge in [0, 0.05) is 44.2 Å². The fraction of sp³-hybridized carbons (Fsp3) is 0.500. The molecule has 0 aliphatic carbocycles. The molecule has 1 fully saturated rings. The van der Waals surface area contributed by atoms with E-state index in [-0.39, 0.29) is 24.2 Å². The van der Waals surface area contributed by atoms with E-state index in [1.54, 1.807) is 12.1 Å². The van der Waals surface area contributed by atoms with E-state index in [4.69, 9.17) is 11.6 Å². The molecule has 1 N–H and O–H groups in total. The quantitative estimate of drug-likeness (QED) is 0.868. The van der Waals surface area contributed by atoms with Gasteiger partial charge >= 0.3 is 0 Å². The van der Waals surface area contributed by atoms with Gasteiger partial charge < -0.3 is 15.1 Å². The number of nitrogens with zero attached hydrogens (tertiary/aromatic N) is 2. The molecule has 2 rings (SSSR count). The molecule has 5 nitrogen and oxygen atoms in total. The maximum absolute atomic E-state index is 12.3. The molecule has 2 amide bonds. The lowest BCUT2D eigenvalue weighted by Gasteiger charge is -2.35. The maximum atomic E-state index is 12.3. The molecule has 7 heteroatoms. The first kappa shape index (κ1) is 19.7. The van der Waals surface area contributed by atoms with E-state index >= 15 is 0 Å². The summed E-state index contributed by atoms with van der Waals surface area (Å²) < 4.78 is 0. The molecule has 0 atom stereocenters. The zero-order valence-electron chi connectivity index (χ0n) is 13.3. The van der Waals surface area contributed by atoms with E-state index < -0.39 is 0 Å². The van der Waals surface area contributed by atoms with Gasteiger partial charge in [-0.25, -0.2) is 0 Å². The summed E-state index contributed by atoms with van der Waals surface area (Å²) in [6, 6.07) is 7.33. The molecule has 23 heavy (non-hydrogen) atoms. The lowest BCUT2D eigenvalue weighted by Crippen LogP contribution is -2.51. The van der Waals surface area contributed by atoms with Crippen molar-refractivity contribution in [3.05, 3.63) is 34.9 Å². The Hall–Kier alpha value is -1.30. The number of halogens is 2. The van der Waals surface area contributed by atoms with E-state index in [9.17, 15) is 9.59 Å². The van der Waals surface area contributed by atoms with Gasteiger partial charge in [-0.2, -0.15) is 0 Å². The van der Waals surface area contributed by atoms with Crippen LogP contribution in [-0.2, 0) is 16.0 Å². The average molecular weight is 360 g/mol. The number of hydrogen-bond acceptors (Lipinski definition) is 3. The maximum Gasteiger partial charge on any atom is 0.227 e. The van der Waals surface area contributed by atoms with Crippen LogP contribution in [0.15, 0.2) is 24.3 Å². The Morgan fingerprint density at radius 2 is 1.57 bits per heavy atom. The first-order chi connectivity index (χ1) is 10.6. The molecule has 1 heterocycles. The molecule has 0 spiro atoms. The normalized spacial score (nSPS) is 14.3. The zero-order chi connectivity index (χ0) is 15.9. The van der Waals surface area contributed by atoms with Crippen molar-refractivity contribution in [2.45, 2.75) is 12.8 Å². The van der Waals surface area contributed by atoms with Crippen LogP contribution < -0.4 is 5.32 Å². The molecule has 1 aromatic carbocycles. The van der Waals surface area contributed by atoms with Gasteiger partial charge in [0.25, 0.3) is 0 Å². The summed E-state index contributed by atoms with van der Waals surface area (Å²) in [4.78, 5) is 27.9. The third-order valence-corrected chi connectivity index (χ3v) is 4.09. The number of carbonyl (C=O) groups excluding carboxylic acids is 2. The van der Waals surface area contributed by atoms with Crippen LogP contribution in [0.25, 0.3) is 0 Å². The summed E-state index contributed by atoms with van der Waals surface area (Å²) in [7, 11) is 1.83. The van der Waals surface area contributed by atoms with Crippen LogP contribution in [0.4, 0.5) is 0 Å². The predicted octanol–water partition coefficient (Wildman–Crippen LogP) is 1.58. The lowest BCUT2D eigenvalue weighted by atomic mass is 10.1. The van der Waals surface area contributed by atoms with Crippen molar-refractivity contribution in [1.82, 2.24) is 15.1 Å². The molecule has 0 saturated carbocycles. The molecule has 1 saturated heterocycles. The molecule has 0 bridgehead atoms. The van der Waals surface area contributed by atoms with Crippen LogP contribution in [0.5, 0.6) is 0 Å². The fourth-order valence-electron chi connectivity index (χ4n) is 2.48. The highest BCUT2D eigenvalue weighted by molar-refractivity contribution is 6.30. The molecule has 0 aromatic heterocycles. The van der Waals surface area contributed by atoms with Crippen molar-refractivity contribution in [2.24, 2.45) is 0 Å². The summed E-state index contributed by atoms with van der Waals surface area (Å²) in [5.41, 5.74) is 0.960. The first-order valence-corrected chi connectivity index (χ1v) is 7.92. The highest BCUT2D eigenvalue weighted by atomic mass is 35.5. The summed E-state index contributed by atoms with van der Waals surface area (Å²) in [5, 5.41) is 3.65. The van der Waals surface area contributed by atoms with Gasteiger partial charge in [0.2, 0.25) is 11.8 Å². The minimum absolute atomic E-state index is 0. The summed E-state index contributed by atoms with van der Waals surface area (Å²) in [6.07, 6.45) is 0.889. The van der Waals surface area contributed by atoms with Crippen molar-refractivity contribution >= 4 is 35.8 Å². The number of rotatable bonds is 5. The van der Waals surface area contributed by atoms with Gasteiger partial charge in [0.15, 0.2) is 0 Å². The van der Waals surface area contributed by atoms with Gasteiger partial charge in [0.1, 0.15) is 0 Å². The SMILES string of the molecule is CNCCC(=O)N1CCN(C(=O)Cc2ccc(Cl)cc2)CC1.Cl. The molecule has 1 aliphatic rings. The van der Waals surface area contributed by atoms with Gasteiger partial charge in [0.05, 0.1) is 6.42 Å². The Labute approximate surface area is 148 Å². The zero-order valence-corrected chi connectivity index (χ0v) is 14.8. The van der Waals surface area contributed by atoms with Crippen molar-refractivity contribution < 1.29 is 9.59 Å². The Bertz CT molecular complexity index is 515. The Kier molecular flexibility index (Phi) is 8.37. The summed E-state index contributed by atoms with van der Waals surface area (Å²) in [5.74, 6) is 0.254. The van der Waals surface area contributed by atoms with E-state index in [0.29, 0.717) is 50.6 Å². The standard InChI is InChI=1S/C16H22ClN3O2.ClH/c1-18-7-6-15(21)19-8-10-20(11-9-19)16(22)12-13-2-4-14(17)5-3-13;/h2-5,18H,6-12H2,1H3;1H.